The van der Waals surface area contributed by atoms with E-state index < -0.39 is 57.1 Å². The van der Waals surface area contributed by atoms with Gasteiger partial charge in [-0.15, -0.1) is 0 Å². The number of halogens is 18. The Bertz CT molecular complexity index is 1380. The molecule has 0 amide bonds. The van der Waals surface area contributed by atoms with Crippen LogP contribution in [0.3, 0.4) is 0 Å². The molecule has 0 saturated carbocycles. The Hall–Kier alpha value is -2.11. The van der Waals surface area contributed by atoms with Crippen molar-refractivity contribution in [2.24, 2.45) is 0 Å². The molecule has 0 heterocycles. The normalized spacial score (nSPS) is 14.5. The molecule has 2 aromatic rings. The third-order valence-electron chi connectivity index (χ3n) is 5.87. The lowest BCUT2D eigenvalue weighted by Gasteiger charge is -2.42. The molecule has 46 heavy (non-hydrogen) atoms. The van der Waals surface area contributed by atoms with Crippen LogP contribution < -0.4 is 21.2 Å². The molecule has 0 radical (unpaired) electrons. The van der Waals surface area contributed by atoms with Gasteiger partial charge in [-0.1, -0.05) is 38.1 Å². The lowest BCUT2D eigenvalue weighted by Crippen LogP contribution is -3.61. The highest BCUT2D eigenvalue weighted by molar-refractivity contribution is 7.86. The van der Waals surface area contributed by atoms with Crippen molar-refractivity contribution in [2.45, 2.75) is 73.7 Å². The predicted molar refractivity (Wildman–Crippen MR) is 119 cm³/mol. The molecule has 2 rings (SSSR count). The number of benzene rings is 2. The number of rotatable bonds is 11. The Morgan fingerprint density at radius 2 is 0.761 bits per heavy atom. The minimum atomic E-state index is -8.92. The average Bonchev–Trinajstić information content (AvgIpc) is 2.92. The van der Waals surface area contributed by atoms with E-state index >= 15 is 0 Å². The summed E-state index contributed by atoms with van der Waals surface area (Å²) in [5, 5.41) is -7.95. The first kappa shape index (κ1) is 41.9. The second kappa shape index (κ2) is 13.4. The van der Waals surface area contributed by atoms with Gasteiger partial charge >= 0.3 is 68.2 Å². The molecule has 0 aliphatic rings. The van der Waals surface area contributed by atoms with E-state index in [1.165, 1.54) is 18.3 Å². The Labute approximate surface area is 259 Å². The molecule has 0 aromatic heterocycles. The zero-order valence-corrected chi connectivity index (χ0v) is 25.4. The van der Waals surface area contributed by atoms with Gasteiger partial charge in [0.2, 0.25) is 0 Å². The van der Waals surface area contributed by atoms with E-state index in [0.29, 0.717) is 0 Å². The van der Waals surface area contributed by atoms with Gasteiger partial charge in [-0.2, -0.15) is 74.6 Å². The molecule has 264 valence electrons. The highest BCUT2D eigenvalue weighted by Gasteiger charge is 2.95. The second-order valence-electron chi connectivity index (χ2n) is 8.97. The van der Waals surface area contributed by atoms with Gasteiger partial charge in [0.05, 0.1) is 0 Å². The van der Waals surface area contributed by atoms with Crippen LogP contribution in [0.5, 0.6) is 0 Å². The smallest absolute Gasteiger partial charge is 0.460 e. The maximum Gasteiger partial charge on any atom is 0.460 e. The predicted octanol–water partition coefficient (Wildman–Crippen LogP) is 5.44. The van der Waals surface area contributed by atoms with Crippen molar-refractivity contribution in [1.82, 2.24) is 0 Å². The van der Waals surface area contributed by atoms with Crippen LogP contribution in [0.25, 0.3) is 0 Å². The second-order valence-corrected chi connectivity index (χ2v) is 13.4. The molecule has 0 bridgehead atoms. The number of alkyl halides is 17. The van der Waals surface area contributed by atoms with E-state index in [-0.39, 0.29) is 21.2 Å². The van der Waals surface area contributed by atoms with E-state index in [1.54, 1.807) is 0 Å². The third kappa shape index (κ3) is 7.31. The quantitative estimate of drug-likeness (QED) is 0.172. The lowest BCUT2D eigenvalue weighted by molar-refractivity contribution is -0.597. The first-order valence-corrected chi connectivity index (χ1v) is 15.4. The zero-order chi connectivity index (χ0) is 36.6. The van der Waals surface area contributed by atoms with Gasteiger partial charge in [0.1, 0.15) is 0 Å². The zero-order valence-electron chi connectivity index (χ0n) is 22.5. The van der Waals surface area contributed by atoms with Gasteiger partial charge in [-0.25, -0.2) is 8.42 Å². The van der Waals surface area contributed by atoms with Crippen LogP contribution in [0.1, 0.15) is 25.0 Å². The molecule has 0 unspecified atom stereocenters. The maximum absolute atomic E-state index is 13.0. The van der Waals surface area contributed by atoms with Crippen LogP contribution in [0, 0.1) is 7.14 Å². The molecule has 0 atom stereocenters. The molecule has 2 aromatic carbocycles. The summed E-state index contributed by atoms with van der Waals surface area (Å²) in [5.74, 6) is -52.1. The van der Waals surface area contributed by atoms with Crippen molar-refractivity contribution in [2.75, 3.05) is 0 Å². The SMILES string of the molecule is CCc1ccc([I+]c2ccc(CC)cc2)cc1.O=S(=O)([O-])C(F)(F)C(F)(F)C(F)(F)C(F)(F)C(F)(F)C(F)(F)C(F)(F)C(F)(F)F. The van der Waals surface area contributed by atoms with E-state index in [1.807, 2.05) is 0 Å². The Morgan fingerprint density at radius 1 is 0.500 bits per heavy atom. The summed E-state index contributed by atoms with van der Waals surface area (Å²) in [6.07, 6.45) is -5.64. The molecular formula is C24H18F17IO3S. The van der Waals surface area contributed by atoms with E-state index in [9.17, 15) is 87.6 Å². The summed E-state index contributed by atoms with van der Waals surface area (Å²) >= 11 is -0.00746. The standard InChI is InChI=1S/C16H18I.C8HF17O3S/c1-3-13-5-9-15(10-6-13)17-16-11-7-14(4-2)8-12-16;9-1(10,3(13,14)5(17,18)7(21,22)23)2(11,12)4(15,16)6(19,20)8(24,25)29(26,27)28/h5-12H,3-4H2,1-2H3;(H,26,27,28)/q+1;/p-1. The number of aryl methyl sites for hydroxylation is 2. The first-order chi connectivity index (χ1) is 20.3. The van der Waals surface area contributed by atoms with Crippen molar-refractivity contribution in [1.29, 1.82) is 0 Å². The van der Waals surface area contributed by atoms with Crippen LogP contribution in [-0.4, -0.2) is 59.9 Å². The van der Waals surface area contributed by atoms with Crippen molar-refractivity contribution in [3.63, 3.8) is 0 Å². The van der Waals surface area contributed by atoms with Crippen LogP contribution in [0.15, 0.2) is 48.5 Å². The van der Waals surface area contributed by atoms with E-state index in [0.717, 1.165) is 12.8 Å². The van der Waals surface area contributed by atoms with E-state index in [2.05, 4.69) is 62.4 Å². The van der Waals surface area contributed by atoms with Gasteiger partial charge in [0.15, 0.2) is 17.3 Å². The fourth-order valence-electron chi connectivity index (χ4n) is 3.00. The van der Waals surface area contributed by atoms with Crippen LogP contribution in [0.2, 0.25) is 0 Å². The average molecular weight is 836 g/mol. The van der Waals surface area contributed by atoms with Crippen LogP contribution in [-0.2, 0) is 23.0 Å². The Morgan fingerprint density at radius 3 is 1.00 bits per heavy atom. The molecule has 0 N–H and O–H groups in total. The van der Waals surface area contributed by atoms with Gasteiger partial charge in [-0.3, -0.25) is 0 Å². The topological polar surface area (TPSA) is 57.2 Å². The van der Waals surface area contributed by atoms with Gasteiger partial charge < -0.3 is 4.55 Å². The summed E-state index contributed by atoms with van der Waals surface area (Å²) in [6, 6.07) is 18.2. The molecule has 0 saturated heterocycles. The molecule has 0 aliphatic carbocycles. The van der Waals surface area contributed by atoms with Gasteiger partial charge in [0, 0.05) is 0 Å². The summed E-state index contributed by atoms with van der Waals surface area (Å²) in [7, 11) is -8.14. The lowest BCUT2D eigenvalue weighted by atomic mass is 9.91. The maximum atomic E-state index is 13.0. The number of hydrogen-bond donors (Lipinski definition) is 0. The number of hydrogen-bond acceptors (Lipinski definition) is 3. The largest absolute Gasteiger partial charge is 0.743 e. The molecule has 22 heteroatoms. The Balaban J connectivity index is 0.000000522. The minimum absolute atomic E-state index is 0.00746. The molecule has 0 spiro atoms. The van der Waals surface area contributed by atoms with Gasteiger partial charge in [0.25, 0.3) is 0 Å². The highest BCUT2D eigenvalue weighted by Crippen LogP contribution is 2.64. The summed E-state index contributed by atoms with van der Waals surface area (Å²) < 4.78 is 247. The third-order valence-corrected chi connectivity index (χ3v) is 9.44. The monoisotopic (exact) mass is 836 g/mol. The van der Waals surface area contributed by atoms with Crippen molar-refractivity contribution >= 4 is 10.1 Å². The fraction of sp³-hybridized carbons (Fsp3) is 0.500. The summed E-state index contributed by atoms with van der Waals surface area (Å²) in [6.45, 7) is 4.40. The van der Waals surface area contributed by atoms with Crippen LogP contribution in [0.4, 0.5) is 74.6 Å². The fourth-order valence-corrected chi connectivity index (χ4v) is 5.60. The van der Waals surface area contributed by atoms with Crippen molar-refractivity contribution in [3.8, 4) is 0 Å². The molecule has 0 fully saturated rings. The Kier molecular flexibility index (Phi) is 12.2. The molecule has 3 nitrogen and oxygen atoms in total. The highest BCUT2D eigenvalue weighted by atomic mass is 127. The van der Waals surface area contributed by atoms with Crippen LogP contribution >= 0.6 is 0 Å². The first-order valence-electron chi connectivity index (χ1n) is 11.8. The van der Waals surface area contributed by atoms with Crippen molar-refractivity contribution < 1.29 is 109 Å². The molecule has 0 aliphatic heterocycles. The minimum Gasteiger partial charge on any atom is -0.743 e. The summed E-state index contributed by atoms with van der Waals surface area (Å²) in [4.78, 5) is 0. The van der Waals surface area contributed by atoms with Gasteiger partial charge in [-0.05, 0) is 48.2 Å². The van der Waals surface area contributed by atoms with E-state index in [4.69, 9.17) is 0 Å². The summed E-state index contributed by atoms with van der Waals surface area (Å²) in [5.41, 5.74) is 2.86. The van der Waals surface area contributed by atoms with Crippen molar-refractivity contribution in [3.05, 3.63) is 66.8 Å². The molecular weight excluding hydrogens is 818 g/mol.